The lowest BCUT2D eigenvalue weighted by Crippen LogP contribution is -2.63. The van der Waals surface area contributed by atoms with Gasteiger partial charge in [0.15, 0.2) is 0 Å². The standard InChI is InChI=1S/C10H14Br2N2O3/c1-5(11)3-10(4-6(2)12)7(15)13-9(17)14-8(10)16/h5-6H,3-4H2,1-2H3,(H2,13,14,15,16,17). The Hall–Kier alpha value is -0.430. The fraction of sp³-hybridized carbons (Fsp3) is 0.700. The van der Waals surface area contributed by atoms with Crippen LogP contribution in [0.3, 0.4) is 0 Å². The SMILES string of the molecule is CC(Br)CC1(CC(C)Br)C(=O)NC(=O)NC1=O. The lowest BCUT2D eigenvalue weighted by molar-refractivity contribution is -0.145. The fourth-order valence-corrected chi connectivity index (χ4v) is 3.10. The molecule has 2 unspecified atom stereocenters. The van der Waals surface area contributed by atoms with Crippen molar-refractivity contribution in [1.82, 2.24) is 10.6 Å². The summed E-state index contributed by atoms with van der Waals surface area (Å²) in [5.41, 5.74) is -1.19. The van der Waals surface area contributed by atoms with Crippen molar-refractivity contribution >= 4 is 49.7 Å². The van der Waals surface area contributed by atoms with E-state index in [9.17, 15) is 14.4 Å². The number of amides is 4. The number of halogens is 2. The summed E-state index contributed by atoms with van der Waals surface area (Å²) in [5.74, 6) is -1.05. The number of rotatable bonds is 4. The van der Waals surface area contributed by atoms with E-state index < -0.39 is 23.3 Å². The van der Waals surface area contributed by atoms with Gasteiger partial charge >= 0.3 is 6.03 Å². The summed E-state index contributed by atoms with van der Waals surface area (Å²) in [5, 5.41) is 4.32. The minimum atomic E-state index is -1.19. The first kappa shape index (κ1) is 14.6. The lowest BCUT2D eigenvalue weighted by atomic mass is 9.76. The van der Waals surface area contributed by atoms with Gasteiger partial charge in [0.1, 0.15) is 5.41 Å². The van der Waals surface area contributed by atoms with Crippen LogP contribution in [0.2, 0.25) is 0 Å². The molecule has 1 fully saturated rings. The van der Waals surface area contributed by atoms with Crippen LogP contribution in [0.4, 0.5) is 4.79 Å². The molecule has 0 aromatic heterocycles. The highest BCUT2D eigenvalue weighted by Crippen LogP contribution is 2.35. The Balaban J connectivity index is 3.06. The van der Waals surface area contributed by atoms with Crippen molar-refractivity contribution < 1.29 is 14.4 Å². The van der Waals surface area contributed by atoms with Crippen LogP contribution in [0.5, 0.6) is 0 Å². The van der Waals surface area contributed by atoms with E-state index in [1.54, 1.807) is 0 Å². The number of carbonyl (C=O) groups is 3. The molecule has 17 heavy (non-hydrogen) atoms. The second kappa shape index (κ2) is 5.48. The number of barbiturate groups is 1. The van der Waals surface area contributed by atoms with Gasteiger partial charge in [0.2, 0.25) is 11.8 Å². The van der Waals surface area contributed by atoms with Gasteiger partial charge < -0.3 is 0 Å². The third kappa shape index (κ3) is 3.28. The van der Waals surface area contributed by atoms with Crippen LogP contribution in [-0.2, 0) is 9.59 Å². The third-order valence-electron chi connectivity index (χ3n) is 2.58. The minimum Gasteiger partial charge on any atom is -0.277 e. The van der Waals surface area contributed by atoms with Crippen LogP contribution in [0.15, 0.2) is 0 Å². The molecular weight excluding hydrogens is 356 g/mol. The van der Waals surface area contributed by atoms with Crippen molar-refractivity contribution in [2.45, 2.75) is 36.3 Å². The maximum absolute atomic E-state index is 12.0. The molecule has 1 heterocycles. The maximum Gasteiger partial charge on any atom is 0.328 e. The average Bonchev–Trinajstić information content (AvgIpc) is 2.12. The molecule has 1 aliphatic rings. The molecular formula is C10H14Br2N2O3. The zero-order valence-corrected chi connectivity index (χ0v) is 12.7. The molecule has 2 N–H and O–H groups in total. The van der Waals surface area contributed by atoms with E-state index >= 15 is 0 Å². The average molecular weight is 370 g/mol. The zero-order valence-electron chi connectivity index (χ0n) is 9.55. The van der Waals surface area contributed by atoms with Crippen LogP contribution in [0.1, 0.15) is 26.7 Å². The van der Waals surface area contributed by atoms with E-state index in [2.05, 4.69) is 42.5 Å². The van der Waals surface area contributed by atoms with E-state index in [1.807, 2.05) is 13.8 Å². The monoisotopic (exact) mass is 368 g/mol. The number of imide groups is 2. The second-order valence-electron chi connectivity index (χ2n) is 4.29. The van der Waals surface area contributed by atoms with Gasteiger partial charge in [-0.05, 0) is 12.8 Å². The molecule has 96 valence electrons. The quantitative estimate of drug-likeness (QED) is 0.584. The molecule has 1 rings (SSSR count). The minimum absolute atomic E-state index is 0.00143. The predicted octanol–water partition coefficient (Wildman–Crippen LogP) is 1.69. The van der Waals surface area contributed by atoms with Crippen LogP contribution in [0, 0.1) is 5.41 Å². The van der Waals surface area contributed by atoms with E-state index in [-0.39, 0.29) is 9.65 Å². The molecule has 0 aromatic carbocycles. The summed E-state index contributed by atoms with van der Waals surface area (Å²) >= 11 is 6.69. The van der Waals surface area contributed by atoms with E-state index in [1.165, 1.54) is 0 Å². The zero-order chi connectivity index (χ0) is 13.2. The highest BCUT2D eigenvalue weighted by atomic mass is 79.9. The van der Waals surface area contributed by atoms with E-state index in [0.29, 0.717) is 12.8 Å². The first-order valence-electron chi connectivity index (χ1n) is 5.23. The van der Waals surface area contributed by atoms with Crippen molar-refractivity contribution in [1.29, 1.82) is 0 Å². The van der Waals surface area contributed by atoms with E-state index in [0.717, 1.165) is 0 Å². The maximum atomic E-state index is 12.0. The summed E-state index contributed by atoms with van der Waals surface area (Å²) in [6, 6.07) is -0.750. The van der Waals surface area contributed by atoms with Gasteiger partial charge in [0.05, 0.1) is 0 Å². The number of hydrogen-bond acceptors (Lipinski definition) is 3. The van der Waals surface area contributed by atoms with Gasteiger partial charge in [0.25, 0.3) is 0 Å². The molecule has 1 saturated heterocycles. The molecule has 0 saturated carbocycles. The summed E-state index contributed by atoms with van der Waals surface area (Å²) < 4.78 is 0. The molecule has 2 atom stereocenters. The van der Waals surface area contributed by atoms with Gasteiger partial charge in [0, 0.05) is 9.65 Å². The van der Waals surface area contributed by atoms with Gasteiger partial charge in [-0.3, -0.25) is 20.2 Å². The van der Waals surface area contributed by atoms with Crippen LogP contribution < -0.4 is 10.6 Å². The van der Waals surface area contributed by atoms with Gasteiger partial charge in [-0.25, -0.2) is 4.79 Å². The number of urea groups is 1. The molecule has 0 bridgehead atoms. The molecule has 0 radical (unpaired) electrons. The summed E-state index contributed by atoms with van der Waals surface area (Å²) in [7, 11) is 0. The first-order chi connectivity index (χ1) is 7.78. The van der Waals surface area contributed by atoms with Crippen molar-refractivity contribution in [2.24, 2.45) is 5.41 Å². The predicted molar refractivity (Wildman–Crippen MR) is 70.1 cm³/mol. The van der Waals surface area contributed by atoms with Crippen molar-refractivity contribution in [2.75, 3.05) is 0 Å². The largest absolute Gasteiger partial charge is 0.328 e. The fourth-order valence-electron chi connectivity index (χ4n) is 1.99. The molecule has 1 aliphatic heterocycles. The van der Waals surface area contributed by atoms with Crippen molar-refractivity contribution in [3.05, 3.63) is 0 Å². The molecule has 0 aromatic rings. The Kier molecular flexibility index (Phi) is 4.71. The van der Waals surface area contributed by atoms with Gasteiger partial charge in [-0.2, -0.15) is 0 Å². The Bertz CT molecular complexity index is 323. The molecule has 4 amide bonds. The number of hydrogen-bond donors (Lipinski definition) is 2. The Morgan fingerprint density at radius 1 is 1.00 bits per heavy atom. The normalized spacial score (nSPS) is 22.7. The smallest absolute Gasteiger partial charge is 0.277 e. The van der Waals surface area contributed by atoms with E-state index in [4.69, 9.17) is 0 Å². The Labute approximate surface area is 116 Å². The topological polar surface area (TPSA) is 75.3 Å². The second-order valence-corrected chi connectivity index (χ2v) is 7.42. The highest BCUT2D eigenvalue weighted by molar-refractivity contribution is 9.09. The first-order valence-corrected chi connectivity index (χ1v) is 7.06. The molecule has 5 nitrogen and oxygen atoms in total. The summed E-state index contributed by atoms with van der Waals surface area (Å²) in [4.78, 5) is 35.0. The molecule has 7 heteroatoms. The van der Waals surface area contributed by atoms with Gasteiger partial charge in [-0.1, -0.05) is 45.7 Å². The third-order valence-corrected chi connectivity index (χ3v) is 3.23. The Morgan fingerprint density at radius 2 is 1.35 bits per heavy atom. The highest BCUT2D eigenvalue weighted by Gasteiger charge is 2.50. The number of nitrogens with one attached hydrogen (secondary N) is 2. The Morgan fingerprint density at radius 3 is 1.65 bits per heavy atom. The van der Waals surface area contributed by atoms with Crippen LogP contribution >= 0.6 is 31.9 Å². The van der Waals surface area contributed by atoms with Crippen molar-refractivity contribution in [3.8, 4) is 0 Å². The lowest BCUT2D eigenvalue weighted by Gasteiger charge is -2.35. The van der Waals surface area contributed by atoms with Crippen molar-refractivity contribution in [3.63, 3.8) is 0 Å². The summed E-state index contributed by atoms with van der Waals surface area (Å²) in [6.45, 7) is 3.72. The molecule has 0 spiro atoms. The van der Waals surface area contributed by atoms with Crippen LogP contribution in [-0.4, -0.2) is 27.5 Å². The molecule has 0 aliphatic carbocycles. The number of alkyl halides is 2. The van der Waals surface area contributed by atoms with Gasteiger partial charge in [-0.15, -0.1) is 0 Å². The van der Waals surface area contributed by atoms with Crippen LogP contribution in [0.25, 0.3) is 0 Å². The number of carbonyl (C=O) groups excluding carboxylic acids is 3. The summed E-state index contributed by atoms with van der Waals surface area (Å²) in [6.07, 6.45) is 0.682.